The van der Waals surface area contributed by atoms with E-state index in [-0.39, 0.29) is 5.60 Å². The molecule has 1 saturated heterocycles. The van der Waals surface area contributed by atoms with Gasteiger partial charge in [0.05, 0.1) is 11.2 Å². The zero-order chi connectivity index (χ0) is 11.9. The molecule has 2 unspecified atom stereocenters. The fraction of sp³-hybridized carbons (Fsp3) is 1.00. The van der Waals surface area contributed by atoms with E-state index in [1.165, 1.54) is 25.7 Å². The van der Waals surface area contributed by atoms with Crippen LogP contribution < -0.4 is 5.73 Å². The highest BCUT2D eigenvalue weighted by molar-refractivity contribution is 5.04. The Morgan fingerprint density at radius 2 is 1.88 bits per heavy atom. The van der Waals surface area contributed by atoms with Crippen LogP contribution in [0.3, 0.4) is 0 Å². The summed E-state index contributed by atoms with van der Waals surface area (Å²) in [6.45, 7) is 1.25. The van der Waals surface area contributed by atoms with Crippen LogP contribution in [-0.2, 0) is 4.74 Å². The summed E-state index contributed by atoms with van der Waals surface area (Å²) >= 11 is 0. The van der Waals surface area contributed by atoms with Gasteiger partial charge in [-0.3, -0.25) is 0 Å². The van der Waals surface area contributed by atoms with Gasteiger partial charge in [-0.2, -0.15) is 0 Å². The Labute approximate surface area is 104 Å². The second-order valence-electron chi connectivity index (χ2n) is 6.40. The molecule has 2 atom stereocenters. The molecule has 2 saturated carbocycles. The molecule has 1 spiro atoms. The molecular formula is C14H25NO2. The quantitative estimate of drug-likeness (QED) is 0.790. The maximum Gasteiger partial charge on any atom is 0.0827 e. The van der Waals surface area contributed by atoms with Gasteiger partial charge in [0.2, 0.25) is 0 Å². The molecule has 3 aliphatic rings. The number of aliphatic hydroxyl groups is 1. The average molecular weight is 239 g/mol. The van der Waals surface area contributed by atoms with Gasteiger partial charge in [-0.1, -0.05) is 12.8 Å². The van der Waals surface area contributed by atoms with Crippen molar-refractivity contribution in [1.29, 1.82) is 0 Å². The number of hydrogen-bond acceptors (Lipinski definition) is 3. The number of ether oxygens (including phenoxy) is 1. The molecule has 0 amide bonds. The third kappa shape index (κ3) is 2.02. The highest BCUT2D eigenvalue weighted by Gasteiger charge is 2.52. The molecule has 3 N–H and O–H groups in total. The summed E-state index contributed by atoms with van der Waals surface area (Å²) in [7, 11) is 0. The summed E-state index contributed by atoms with van der Waals surface area (Å²) in [5, 5.41) is 10.8. The van der Waals surface area contributed by atoms with Gasteiger partial charge in [0.25, 0.3) is 0 Å². The van der Waals surface area contributed by atoms with E-state index in [1.807, 2.05) is 0 Å². The Morgan fingerprint density at radius 1 is 1.18 bits per heavy atom. The van der Waals surface area contributed by atoms with Gasteiger partial charge in [-0.15, -0.1) is 0 Å². The first-order chi connectivity index (χ1) is 8.19. The molecule has 0 aromatic carbocycles. The molecule has 0 radical (unpaired) electrons. The van der Waals surface area contributed by atoms with Crippen molar-refractivity contribution in [3.63, 3.8) is 0 Å². The highest BCUT2D eigenvalue weighted by Crippen LogP contribution is 2.50. The lowest BCUT2D eigenvalue weighted by molar-refractivity contribution is -0.144. The van der Waals surface area contributed by atoms with Crippen molar-refractivity contribution in [3.05, 3.63) is 0 Å². The largest absolute Gasteiger partial charge is 0.388 e. The number of nitrogens with two attached hydrogens (primary N) is 1. The van der Waals surface area contributed by atoms with E-state index in [1.54, 1.807) is 0 Å². The molecule has 3 fully saturated rings. The predicted molar refractivity (Wildman–Crippen MR) is 66.6 cm³/mol. The lowest BCUT2D eigenvalue weighted by Gasteiger charge is -2.45. The van der Waals surface area contributed by atoms with Crippen LogP contribution in [0.25, 0.3) is 0 Å². The lowest BCUT2D eigenvalue weighted by atomic mass is 9.73. The van der Waals surface area contributed by atoms with Crippen LogP contribution in [0.1, 0.15) is 51.4 Å². The Kier molecular flexibility index (Phi) is 2.96. The SMILES string of the molecule is NCC(O)(C1CC1)C1CCOC2(CCCC2)C1. The van der Waals surface area contributed by atoms with Crippen LogP contribution in [0.4, 0.5) is 0 Å². The molecule has 3 rings (SSSR count). The van der Waals surface area contributed by atoms with Crippen molar-refractivity contribution in [3.8, 4) is 0 Å². The second kappa shape index (κ2) is 4.22. The van der Waals surface area contributed by atoms with Crippen LogP contribution in [-0.4, -0.2) is 29.5 Å². The first-order valence-corrected chi connectivity index (χ1v) is 7.25. The number of rotatable bonds is 3. The highest BCUT2D eigenvalue weighted by atomic mass is 16.5. The van der Waals surface area contributed by atoms with E-state index >= 15 is 0 Å². The molecule has 1 heterocycles. The zero-order valence-electron chi connectivity index (χ0n) is 10.7. The predicted octanol–water partition coefficient (Wildman–Crippen LogP) is 1.83. The van der Waals surface area contributed by atoms with Crippen molar-refractivity contribution in [2.24, 2.45) is 17.6 Å². The lowest BCUT2D eigenvalue weighted by Crippen LogP contribution is -2.52. The topological polar surface area (TPSA) is 55.5 Å². The summed E-state index contributed by atoms with van der Waals surface area (Å²) in [6.07, 6.45) is 9.32. The van der Waals surface area contributed by atoms with Crippen molar-refractivity contribution in [2.45, 2.75) is 62.6 Å². The van der Waals surface area contributed by atoms with Gasteiger partial charge < -0.3 is 15.6 Å². The minimum absolute atomic E-state index is 0.0982. The Balaban J connectivity index is 1.74. The van der Waals surface area contributed by atoms with Gasteiger partial charge in [0, 0.05) is 13.2 Å². The van der Waals surface area contributed by atoms with E-state index in [0.717, 1.165) is 32.3 Å². The normalized spacial score (nSPS) is 36.0. The van der Waals surface area contributed by atoms with Crippen LogP contribution in [0.15, 0.2) is 0 Å². The molecule has 17 heavy (non-hydrogen) atoms. The van der Waals surface area contributed by atoms with Gasteiger partial charge in [-0.05, 0) is 50.4 Å². The minimum atomic E-state index is -0.598. The summed E-state index contributed by atoms with van der Waals surface area (Å²) < 4.78 is 6.04. The van der Waals surface area contributed by atoms with Crippen LogP contribution in [0.2, 0.25) is 0 Å². The van der Waals surface area contributed by atoms with E-state index in [9.17, 15) is 5.11 Å². The third-order valence-electron chi connectivity index (χ3n) is 5.33. The maximum absolute atomic E-state index is 10.8. The number of hydrogen-bond donors (Lipinski definition) is 2. The van der Waals surface area contributed by atoms with Crippen molar-refractivity contribution < 1.29 is 9.84 Å². The Hall–Kier alpha value is -0.120. The van der Waals surface area contributed by atoms with Crippen molar-refractivity contribution in [1.82, 2.24) is 0 Å². The smallest absolute Gasteiger partial charge is 0.0827 e. The summed E-state index contributed by atoms with van der Waals surface area (Å²) in [6, 6.07) is 0. The summed E-state index contributed by atoms with van der Waals surface area (Å²) in [5.41, 5.74) is 5.38. The van der Waals surface area contributed by atoms with E-state index < -0.39 is 5.60 Å². The molecule has 3 nitrogen and oxygen atoms in total. The first-order valence-electron chi connectivity index (χ1n) is 7.25. The van der Waals surface area contributed by atoms with Gasteiger partial charge in [0.15, 0.2) is 0 Å². The fourth-order valence-corrected chi connectivity index (χ4v) is 4.07. The Bertz CT molecular complexity index is 284. The van der Waals surface area contributed by atoms with E-state index in [4.69, 9.17) is 10.5 Å². The zero-order valence-corrected chi connectivity index (χ0v) is 10.7. The van der Waals surface area contributed by atoms with Gasteiger partial charge in [-0.25, -0.2) is 0 Å². The standard InChI is InChI=1S/C14H25NO2/c15-10-14(16,11-3-4-11)12-5-8-17-13(9-12)6-1-2-7-13/h11-12,16H,1-10,15H2. The Morgan fingerprint density at radius 3 is 2.47 bits per heavy atom. The molecule has 0 aromatic rings. The molecule has 3 heteroatoms. The fourth-order valence-electron chi connectivity index (χ4n) is 4.07. The average Bonchev–Trinajstić information content (AvgIpc) is 3.13. The van der Waals surface area contributed by atoms with Crippen LogP contribution >= 0.6 is 0 Å². The first kappa shape index (κ1) is 11.9. The third-order valence-corrected chi connectivity index (χ3v) is 5.33. The molecule has 2 aliphatic carbocycles. The van der Waals surface area contributed by atoms with Crippen molar-refractivity contribution in [2.75, 3.05) is 13.2 Å². The maximum atomic E-state index is 10.8. The van der Waals surface area contributed by atoms with Crippen molar-refractivity contribution >= 4 is 0 Å². The summed E-state index contributed by atoms with van der Waals surface area (Å²) in [4.78, 5) is 0. The molecule has 0 aromatic heterocycles. The molecule has 0 bridgehead atoms. The molecule has 98 valence electrons. The summed E-state index contributed by atoms with van der Waals surface area (Å²) in [5.74, 6) is 0.834. The van der Waals surface area contributed by atoms with Gasteiger partial charge >= 0.3 is 0 Å². The molecule has 1 aliphatic heterocycles. The molecular weight excluding hydrogens is 214 g/mol. The monoisotopic (exact) mass is 239 g/mol. The van der Waals surface area contributed by atoms with E-state index in [0.29, 0.717) is 18.4 Å². The van der Waals surface area contributed by atoms with Crippen LogP contribution in [0.5, 0.6) is 0 Å². The van der Waals surface area contributed by atoms with Gasteiger partial charge in [0.1, 0.15) is 0 Å². The minimum Gasteiger partial charge on any atom is -0.388 e. The van der Waals surface area contributed by atoms with E-state index in [2.05, 4.69) is 0 Å². The second-order valence-corrected chi connectivity index (χ2v) is 6.40. The van der Waals surface area contributed by atoms with Crippen LogP contribution in [0, 0.1) is 11.8 Å².